The van der Waals surface area contributed by atoms with Gasteiger partial charge in [-0.1, -0.05) is 0 Å². The van der Waals surface area contributed by atoms with E-state index >= 15 is 0 Å². The number of ketones is 2. The second kappa shape index (κ2) is 4.15. The van der Waals surface area contributed by atoms with Crippen molar-refractivity contribution in [2.75, 3.05) is 0 Å². The predicted octanol–water partition coefficient (Wildman–Crippen LogP) is 2.98. The highest BCUT2D eigenvalue weighted by Gasteiger charge is 2.12. The van der Waals surface area contributed by atoms with Crippen LogP contribution in [0, 0.1) is 6.92 Å². The number of carbonyl (C=O) groups is 2. The lowest BCUT2D eigenvalue weighted by Crippen LogP contribution is -2.02. The molecule has 0 saturated carbocycles. The Morgan fingerprint density at radius 3 is 2.54 bits per heavy atom. The molecule has 0 aliphatic carbocycles. The van der Waals surface area contributed by atoms with E-state index in [-0.39, 0.29) is 18.0 Å². The van der Waals surface area contributed by atoms with E-state index in [1.165, 1.54) is 18.3 Å². The molecule has 0 spiro atoms. The van der Waals surface area contributed by atoms with Crippen LogP contribution in [0.25, 0.3) is 0 Å². The normalized spacial score (nSPS) is 10.1. The van der Waals surface area contributed by atoms with Crippen LogP contribution >= 0.6 is 27.3 Å². The molecule has 1 heterocycles. The summed E-state index contributed by atoms with van der Waals surface area (Å²) in [5, 5.41) is 0. The standard InChI is InChI=1S/C9H9BrO2S/c1-5-3-8(13-9(5)10)7(12)4-6(2)11/h3H,4H2,1-2H3. The zero-order valence-electron chi connectivity index (χ0n) is 7.39. The summed E-state index contributed by atoms with van der Waals surface area (Å²) in [6, 6.07) is 1.81. The first kappa shape index (κ1) is 10.6. The molecular formula is C9H9BrO2S. The number of hydrogen-bond donors (Lipinski definition) is 0. The van der Waals surface area contributed by atoms with E-state index in [0.29, 0.717) is 4.88 Å². The molecule has 0 atom stereocenters. The van der Waals surface area contributed by atoms with Crippen LogP contribution in [0.3, 0.4) is 0 Å². The maximum Gasteiger partial charge on any atom is 0.180 e. The summed E-state index contributed by atoms with van der Waals surface area (Å²) in [6.45, 7) is 3.35. The fraction of sp³-hybridized carbons (Fsp3) is 0.333. The molecule has 0 saturated heterocycles. The van der Waals surface area contributed by atoms with Crippen LogP contribution in [-0.4, -0.2) is 11.6 Å². The quantitative estimate of drug-likeness (QED) is 0.619. The SMILES string of the molecule is CC(=O)CC(=O)c1cc(C)c(Br)s1. The van der Waals surface area contributed by atoms with E-state index in [9.17, 15) is 9.59 Å². The van der Waals surface area contributed by atoms with Gasteiger partial charge < -0.3 is 0 Å². The second-order valence-electron chi connectivity index (χ2n) is 2.87. The third-order valence-electron chi connectivity index (χ3n) is 1.54. The van der Waals surface area contributed by atoms with Crippen molar-refractivity contribution in [2.45, 2.75) is 20.3 Å². The van der Waals surface area contributed by atoms with Crippen LogP contribution in [0.5, 0.6) is 0 Å². The van der Waals surface area contributed by atoms with Gasteiger partial charge in [-0.25, -0.2) is 0 Å². The summed E-state index contributed by atoms with van der Waals surface area (Å²) >= 11 is 4.71. The number of Topliss-reactive ketones (excluding diaryl/α,β-unsaturated/α-hetero) is 2. The molecule has 0 aromatic carbocycles. The van der Waals surface area contributed by atoms with Crippen molar-refractivity contribution in [1.29, 1.82) is 0 Å². The van der Waals surface area contributed by atoms with Gasteiger partial charge in [-0.15, -0.1) is 11.3 Å². The second-order valence-corrected chi connectivity index (χ2v) is 5.24. The van der Waals surface area contributed by atoms with E-state index < -0.39 is 0 Å². The lowest BCUT2D eigenvalue weighted by molar-refractivity contribution is -0.116. The number of halogens is 1. The van der Waals surface area contributed by atoms with Crippen molar-refractivity contribution >= 4 is 38.8 Å². The molecule has 0 amide bonds. The summed E-state index contributed by atoms with van der Waals surface area (Å²) < 4.78 is 0.958. The average molecular weight is 261 g/mol. The van der Waals surface area contributed by atoms with Gasteiger partial charge >= 0.3 is 0 Å². The summed E-state index contributed by atoms with van der Waals surface area (Å²) in [4.78, 5) is 22.7. The maximum atomic E-state index is 11.4. The Morgan fingerprint density at radius 2 is 2.15 bits per heavy atom. The molecule has 70 valence electrons. The fourth-order valence-electron chi connectivity index (χ4n) is 0.911. The van der Waals surface area contributed by atoms with Gasteiger partial charge in [-0.2, -0.15) is 0 Å². The van der Waals surface area contributed by atoms with Crippen molar-refractivity contribution in [3.05, 3.63) is 20.3 Å². The summed E-state index contributed by atoms with van der Waals surface area (Å²) in [6.07, 6.45) is 0.00634. The topological polar surface area (TPSA) is 34.1 Å². The molecule has 0 bridgehead atoms. The van der Waals surface area contributed by atoms with Gasteiger partial charge in [0.25, 0.3) is 0 Å². The molecule has 0 N–H and O–H groups in total. The van der Waals surface area contributed by atoms with Crippen LogP contribution in [0.4, 0.5) is 0 Å². The Bertz CT molecular complexity index is 335. The third-order valence-corrected chi connectivity index (χ3v) is 3.72. The first-order chi connectivity index (χ1) is 6.00. The highest BCUT2D eigenvalue weighted by Crippen LogP contribution is 2.28. The zero-order valence-corrected chi connectivity index (χ0v) is 9.79. The van der Waals surface area contributed by atoms with Crippen LogP contribution < -0.4 is 0 Å². The van der Waals surface area contributed by atoms with E-state index in [1.54, 1.807) is 6.07 Å². The van der Waals surface area contributed by atoms with Gasteiger partial charge in [0.1, 0.15) is 5.78 Å². The molecule has 0 unspecified atom stereocenters. The minimum atomic E-state index is -0.0914. The van der Waals surface area contributed by atoms with Crippen molar-refractivity contribution in [3.63, 3.8) is 0 Å². The van der Waals surface area contributed by atoms with Crippen molar-refractivity contribution < 1.29 is 9.59 Å². The van der Waals surface area contributed by atoms with Gasteiger partial charge in [0.2, 0.25) is 0 Å². The van der Waals surface area contributed by atoms with E-state index in [0.717, 1.165) is 9.35 Å². The highest BCUT2D eigenvalue weighted by atomic mass is 79.9. The maximum absolute atomic E-state index is 11.4. The van der Waals surface area contributed by atoms with Crippen LogP contribution in [-0.2, 0) is 4.79 Å². The Labute approximate surface area is 89.1 Å². The fourth-order valence-corrected chi connectivity index (χ4v) is 2.38. The highest BCUT2D eigenvalue weighted by molar-refractivity contribution is 9.11. The Hall–Kier alpha value is -0.480. The number of aryl methyl sites for hydroxylation is 1. The monoisotopic (exact) mass is 260 g/mol. The number of thiophene rings is 1. The third kappa shape index (κ3) is 2.74. The van der Waals surface area contributed by atoms with Gasteiger partial charge in [0, 0.05) is 0 Å². The number of hydrogen-bond acceptors (Lipinski definition) is 3. The van der Waals surface area contributed by atoms with E-state index in [2.05, 4.69) is 15.9 Å². The summed E-state index contributed by atoms with van der Waals surface area (Å²) in [5.74, 6) is -0.182. The molecule has 2 nitrogen and oxygen atoms in total. The average Bonchev–Trinajstić information content (AvgIpc) is 2.31. The molecule has 1 aromatic rings. The first-order valence-electron chi connectivity index (χ1n) is 3.79. The smallest absolute Gasteiger partial charge is 0.180 e. The molecule has 13 heavy (non-hydrogen) atoms. The van der Waals surface area contributed by atoms with Crippen LogP contribution in [0.15, 0.2) is 9.85 Å². The molecule has 0 radical (unpaired) electrons. The molecule has 1 rings (SSSR count). The molecular weight excluding hydrogens is 252 g/mol. The Kier molecular flexibility index (Phi) is 3.39. The number of carbonyl (C=O) groups excluding carboxylic acids is 2. The van der Waals surface area contributed by atoms with Crippen molar-refractivity contribution in [2.24, 2.45) is 0 Å². The lowest BCUT2D eigenvalue weighted by atomic mass is 10.2. The van der Waals surface area contributed by atoms with E-state index in [1.807, 2.05) is 6.92 Å². The van der Waals surface area contributed by atoms with Crippen molar-refractivity contribution in [1.82, 2.24) is 0 Å². The van der Waals surface area contributed by atoms with Gasteiger partial charge in [0.05, 0.1) is 15.1 Å². The van der Waals surface area contributed by atoms with E-state index in [4.69, 9.17) is 0 Å². The summed E-state index contributed by atoms with van der Waals surface area (Å²) in [5.41, 5.74) is 1.04. The van der Waals surface area contributed by atoms with Gasteiger partial charge in [-0.3, -0.25) is 9.59 Å². The van der Waals surface area contributed by atoms with Crippen LogP contribution in [0.2, 0.25) is 0 Å². The summed E-state index contributed by atoms with van der Waals surface area (Å²) in [7, 11) is 0. The zero-order chi connectivity index (χ0) is 10.0. The molecule has 0 fully saturated rings. The molecule has 1 aromatic heterocycles. The Morgan fingerprint density at radius 1 is 1.54 bits per heavy atom. The largest absolute Gasteiger partial charge is 0.300 e. The Balaban J connectivity index is 2.83. The molecule has 0 aliphatic heterocycles. The minimum Gasteiger partial charge on any atom is -0.300 e. The van der Waals surface area contributed by atoms with Crippen LogP contribution in [0.1, 0.15) is 28.6 Å². The lowest BCUT2D eigenvalue weighted by Gasteiger charge is -1.91. The van der Waals surface area contributed by atoms with Crippen molar-refractivity contribution in [3.8, 4) is 0 Å². The van der Waals surface area contributed by atoms with Gasteiger partial charge in [-0.05, 0) is 41.4 Å². The molecule has 0 aliphatic rings. The van der Waals surface area contributed by atoms with Gasteiger partial charge in [0.15, 0.2) is 5.78 Å². The molecule has 4 heteroatoms. The number of rotatable bonds is 3. The minimum absolute atomic E-state index is 0.00634. The first-order valence-corrected chi connectivity index (χ1v) is 5.40. The predicted molar refractivity (Wildman–Crippen MR) is 56.4 cm³/mol.